The van der Waals surface area contributed by atoms with E-state index in [2.05, 4.69) is 22.8 Å². The minimum Gasteiger partial charge on any atom is -0.347 e. The van der Waals surface area contributed by atoms with Gasteiger partial charge in [-0.05, 0) is 18.6 Å². The molecule has 5 nitrogen and oxygen atoms in total. The molecule has 1 aromatic carbocycles. The first-order valence-corrected chi connectivity index (χ1v) is 10.8. The van der Waals surface area contributed by atoms with E-state index in [9.17, 15) is 9.59 Å². The van der Waals surface area contributed by atoms with Gasteiger partial charge in [-0.3, -0.25) is 9.59 Å². The molecule has 28 heavy (non-hydrogen) atoms. The van der Waals surface area contributed by atoms with E-state index in [4.69, 9.17) is 23.2 Å². The van der Waals surface area contributed by atoms with Crippen LogP contribution in [0.3, 0.4) is 0 Å². The van der Waals surface area contributed by atoms with Crippen molar-refractivity contribution in [2.75, 3.05) is 6.54 Å². The summed E-state index contributed by atoms with van der Waals surface area (Å²) in [6, 6.07) is 5.09. The zero-order valence-corrected chi connectivity index (χ0v) is 18.1. The van der Waals surface area contributed by atoms with E-state index >= 15 is 0 Å². The summed E-state index contributed by atoms with van der Waals surface area (Å²) in [5.41, 5.74) is 2.87. The largest absolute Gasteiger partial charge is 0.347 e. The molecule has 0 spiro atoms. The average Bonchev–Trinajstić information content (AvgIpc) is 2.67. The SMILES string of the molecule is CCCCCCCCCCCC(=O)NCC(=O)N/N=C/c1c(Cl)cccc1Cl. The third kappa shape index (κ3) is 11.3. The van der Waals surface area contributed by atoms with Gasteiger partial charge in [0.2, 0.25) is 5.91 Å². The van der Waals surface area contributed by atoms with Crippen LogP contribution in [0.5, 0.6) is 0 Å². The molecule has 1 rings (SSSR count). The van der Waals surface area contributed by atoms with Crippen LogP contribution in [0.1, 0.15) is 76.7 Å². The van der Waals surface area contributed by atoms with Crippen molar-refractivity contribution in [3.63, 3.8) is 0 Å². The number of hydrazone groups is 1. The molecule has 0 bridgehead atoms. The molecule has 1 aromatic rings. The number of nitrogens with one attached hydrogen (secondary N) is 2. The standard InChI is InChI=1S/C21H31Cl2N3O2/c1-2-3-4-5-6-7-8-9-10-14-20(27)24-16-21(28)26-25-15-17-18(22)12-11-13-19(17)23/h11-13,15H,2-10,14,16H2,1H3,(H,24,27)(H,26,28)/b25-15+. The number of hydrogen-bond donors (Lipinski definition) is 2. The highest BCUT2D eigenvalue weighted by atomic mass is 35.5. The molecule has 0 fully saturated rings. The van der Waals surface area contributed by atoms with Crippen molar-refractivity contribution >= 4 is 41.2 Å². The fourth-order valence-corrected chi connectivity index (χ4v) is 3.20. The van der Waals surface area contributed by atoms with Gasteiger partial charge in [0.25, 0.3) is 5.91 Å². The topological polar surface area (TPSA) is 70.6 Å². The Morgan fingerprint density at radius 2 is 1.50 bits per heavy atom. The Hall–Kier alpha value is -1.59. The lowest BCUT2D eigenvalue weighted by Crippen LogP contribution is -2.34. The van der Waals surface area contributed by atoms with Gasteiger partial charge in [-0.2, -0.15) is 5.10 Å². The lowest BCUT2D eigenvalue weighted by Gasteiger charge is -2.05. The summed E-state index contributed by atoms with van der Waals surface area (Å²) in [6.45, 7) is 2.11. The van der Waals surface area contributed by atoms with Gasteiger partial charge in [0.15, 0.2) is 0 Å². The Morgan fingerprint density at radius 1 is 0.929 bits per heavy atom. The Labute approximate surface area is 178 Å². The number of halogens is 2. The summed E-state index contributed by atoms with van der Waals surface area (Å²) in [5.74, 6) is -0.518. The maximum Gasteiger partial charge on any atom is 0.259 e. The molecular weight excluding hydrogens is 397 g/mol. The van der Waals surface area contributed by atoms with E-state index in [0.29, 0.717) is 22.0 Å². The number of benzene rings is 1. The second-order valence-electron chi connectivity index (χ2n) is 6.78. The predicted octanol–water partition coefficient (Wildman–Crippen LogP) is 5.48. The molecule has 0 aliphatic carbocycles. The summed E-state index contributed by atoms with van der Waals surface area (Å²) in [6.07, 6.45) is 12.7. The van der Waals surface area contributed by atoms with Crippen LogP contribution in [0.15, 0.2) is 23.3 Å². The maximum absolute atomic E-state index is 11.8. The molecule has 0 radical (unpaired) electrons. The number of amides is 2. The Kier molecular flexibility index (Phi) is 13.4. The molecule has 7 heteroatoms. The average molecular weight is 428 g/mol. The highest BCUT2D eigenvalue weighted by molar-refractivity contribution is 6.38. The number of unbranched alkanes of at least 4 members (excludes halogenated alkanes) is 8. The molecule has 2 amide bonds. The molecule has 156 valence electrons. The summed E-state index contributed by atoms with van der Waals surface area (Å²) in [7, 11) is 0. The third-order valence-electron chi connectivity index (χ3n) is 4.34. The van der Waals surface area contributed by atoms with Crippen LogP contribution in [0.2, 0.25) is 10.0 Å². The number of nitrogens with zero attached hydrogens (tertiary/aromatic N) is 1. The lowest BCUT2D eigenvalue weighted by molar-refractivity contribution is -0.126. The van der Waals surface area contributed by atoms with Crippen molar-refractivity contribution in [1.29, 1.82) is 0 Å². The van der Waals surface area contributed by atoms with Crippen LogP contribution in [-0.4, -0.2) is 24.6 Å². The van der Waals surface area contributed by atoms with E-state index in [-0.39, 0.29) is 12.5 Å². The van der Waals surface area contributed by atoms with Crippen molar-refractivity contribution in [1.82, 2.24) is 10.7 Å². The molecule has 0 atom stereocenters. The van der Waals surface area contributed by atoms with Crippen molar-refractivity contribution in [2.24, 2.45) is 5.10 Å². The van der Waals surface area contributed by atoms with Gasteiger partial charge in [0.1, 0.15) is 0 Å². The fraction of sp³-hybridized carbons (Fsp3) is 0.571. The highest BCUT2D eigenvalue weighted by Crippen LogP contribution is 2.21. The van der Waals surface area contributed by atoms with Gasteiger partial charge in [-0.15, -0.1) is 0 Å². The van der Waals surface area contributed by atoms with Crippen molar-refractivity contribution < 1.29 is 9.59 Å². The van der Waals surface area contributed by atoms with Crippen molar-refractivity contribution in [3.8, 4) is 0 Å². The van der Waals surface area contributed by atoms with E-state index in [0.717, 1.165) is 12.8 Å². The van der Waals surface area contributed by atoms with Crippen molar-refractivity contribution in [3.05, 3.63) is 33.8 Å². The predicted molar refractivity (Wildman–Crippen MR) is 117 cm³/mol. The minimum absolute atomic E-state index is 0.107. The van der Waals surface area contributed by atoms with Crippen LogP contribution in [0, 0.1) is 0 Å². The summed E-state index contributed by atoms with van der Waals surface area (Å²) < 4.78 is 0. The number of carbonyl (C=O) groups is 2. The molecule has 0 aliphatic heterocycles. The van der Waals surface area contributed by atoms with Gasteiger partial charge in [0, 0.05) is 12.0 Å². The summed E-state index contributed by atoms with van der Waals surface area (Å²) >= 11 is 12.0. The molecule has 0 saturated carbocycles. The molecule has 2 N–H and O–H groups in total. The zero-order chi connectivity index (χ0) is 20.6. The van der Waals surface area contributed by atoms with Crippen LogP contribution < -0.4 is 10.7 Å². The first-order valence-electron chi connectivity index (χ1n) is 10.1. The fourth-order valence-electron chi connectivity index (χ4n) is 2.71. The third-order valence-corrected chi connectivity index (χ3v) is 5.00. The molecule has 0 heterocycles. The second-order valence-corrected chi connectivity index (χ2v) is 7.60. The first kappa shape index (κ1) is 24.4. The van der Waals surface area contributed by atoms with E-state index in [1.807, 2.05) is 0 Å². The van der Waals surface area contributed by atoms with E-state index in [1.54, 1.807) is 18.2 Å². The van der Waals surface area contributed by atoms with Crippen LogP contribution >= 0.6 is 23.2 Å². The smallest absolute Gasteiger partial charge is 0.259 e. The van der Waals surface area contributed by atoms with Crippen LogP contribution in [0.4, 0.5) is 0 Å². The number of carbonyl (C=O) groups excluding carboxylic acids is 2. The normalized spacial score (nSPS) is 11.0. The number of hydrogen-bond acceptors (Lipinski definition) is 3. The molecule has 0 unspecified atom stereocenters. The zero-order valence-electron chi connectivity index (χ0n) is 16.6. The van der Waals surface area contributed by atoms with Crippen LogP contribution in [-0.2, 0) is 9.59 Å². The highest BCUT2D eigenvalue weighted by Gasteiger charge is 2.05. The first-order chi connectivity index (χ1) is 13.5. The van der Waals surface area contributed by atoms with Gasteiger partial charge >= 0.3 is 0 Å². The summed E-state index contributed by atoms with van der Waals surface area (Å²) in [4.78, 5) is 23.5. The molecule has 0 aliphatic rings. The van der Waals surface area contributed by atoms with E-state index < -0.39 is 5.91 Å². The molecular formula is C21H31Cl2N3O2. The van der Waals surface area contributed by atoms with Crippen LogP contribution in [0.25, 0.3) is 0 Å². The summed E-state index contributed by atoms with van der Waals surface area (Å²) in [5, 5.41) is 7.31. The van der Waals surface area contributed by atoms with Gasteiger partial charge in [-0.25, -0.2) is 5.43 Å². The Balaban J connectivity index is 2.08. The van der Waals surface area contributed by atoms with E-state index in [1.165, 1.54) is 51.2 Å². The Bertz CT molecular complexity index is 616. The maximum atomic E-state index is 11.8. The Morgan fingerprint density at radius 3 is 2.11 bits per heavy atom. The monoisotopic (exact) mass is 427 g/mol. The van der Waals surface area contributed by atoms with Gasteiger partial charge < -0.3 is 5.32 Å². The van der Waals surface area contributed by atoms with Gasteiger partial charge in [0.05, 0.1) is 22.8 Å². The number of rotatable bonds is 14. The second kappa shape index (κ2) is 15.3. The molecule has 0 aromatic heterocycles. The molecule has 0 saturated heterocycles. The quantitative estimate of drug-likeness (QED) is 0.234. The van der Waals surface area contributed by atoms with Crippen molar-refractivity contribution in [2.45, 2.75) is 71.1 Å². The van der Waals surface area contributed by atoms with Gasteiger partial charge in [-0.1, -0.05) is 87.6 Å². The lowest BCUT2D eigenvalue weighted by atomic mass is 10.1. The minimum atomic E-state index is -0.403.